The van der Waals surface area contributed by atoms with E-state index in [0.717, 1.165) is 29.5 Å². The van der Waals surface area contributed by atoms with Crippen LogP contribution in [-0.2, 0) is 6.54 Å². The smallest absolute Gasteiger partial charge is 0.262 e. The summed E-state index contributed by atoms with van der Waals surface area (Å²) in [5.41, 5.74) is 2.20. The predicted molar refractivity (Wildman–Crippen MR) is 104 cm³/mol. The van der Waals surface area contributed by atoms with Gasteiger partial charge in [0.1, 0.15) is 11.6 Å². The lowest BCUT2D eigenvalue weighted by atomic mass is 9.96. The molecular weight excluding hydrogens is 376 g/mol. The Morgan fingerprint density at radius 1 is 1.03 bits per heavy atom. The molecular formula is C21H19F2N5O. The van der Waals surface area contributed by atoms with Gasteiger partial charge >= 0.3 is 0 Å². The molecule has 0 amide bonds. The fourth-order valence-electron chi connectivity index (χ4n) is 3.04. The highest BCUT2D eigenvalue weighted by molar-refractivity contribution is 5.77. The first kappa shape index (κ1) is 18.9. The van der Waals surface area contributed by atoms with E-state index in [1.165, 1.54) is 0 Å². The normalized spacial score (nSPS) is 11.8. The number of hydrogen-bond acceptors (Lipinski definition) is 5. The summed E-state index contributed by atoms with van der Waals surface area (Å²) in [6.07, 6.45) is 5.02. The first-order chi connectivity index (χ1) is 13.8. The Bertz CT molecular complexity index is 1150. The Morgan fingerprint density at radius 3 is 2.52 bits per heavy atom. The molecule has 6 nitrogen and oxygen atoms in total. The van der Waals surface area contributed by atoms with Crippen LogP contribution in [0.5, 0.6) is 0 Å². The molecule has 0 saturated heterocycles. The van der Waals surface area contributed by atoms with Gasteiger partial charge in [-0.25, -0.2) is 8.78 Å². The first-order valence-electron chi connectivity index (χ1n) is 9.07. The van der Waals surface area contributed by atoms with E-state index in [1.807, 2.05) is 16.8 Å². The van der Waals surface area contributed by atoms with E-state index < -0.39 is 11.6 Å². The predicted octanol–water partition coefficient (Wildman–Crippen LogP) is 4.99. The molecule has 0 aliphatic heterocycles. The van der Waals surface area contributed by atoms with Gasteiger partial charge in [-0.2, -0.15) is 10.1 Å². The van der Waals surface area contributed by atoms with Gasteiger partial charge in [0, 0.05) is 24.5 Å². The molecule has 0 radical (unpaired) electrons. The van der Waals surface area contributed by atoms with Crippen molar-refractivity contribution in [3.63, 3.8) is 0 Å². The standard InChI is InChI=1S/C21H19F2N5O/c1-21(2,3)12-28-18(13-6-8-24-9-7-13)16(11-25-28)20-26-19(27-29-20)15-10-14(22)4-5-17(15)23/h4-11H,12H2,1-3H3. The number of benzene rings is 1. The van der Waals surface area contributed by atoms with Crippen LogP contribution in [0.25, 0.3) is 34.1 Å². The van der Waals surface area contributed by atoms with E-state index in [2.05, 4.69) is 41.0 Å². The van der Waals surface area contributed by atoms with Crippen molar-refractivity contribution in [2.24, 2.45) is 5.41 Å². The SMILES string of the molecule is CC(C)(C)Cn1ncc(-c2nc(-c3cc(F)ccc3F)no2)c1-c1ccncc1. The lowest BCUT2D eigenvalue weighted by Gasteiger charge is -2.20. The summed E-state index contributed by atoms with van der Waals surface area (Å²) < 4.78 is 34.9. The van der Waals surface area contributed by atoms with Crippen LogP contribution in [-0.4, -0.2) is 24.9 Å². The average Bonchev–Trinajstić information content (AvgIpc) is 3.30. The number of halogens is 2. The summed E-state index contributed by atoms with van der Waals surface area (Å²) in [7, 11) is 0. The summed E-state index contributed by atoms with van der Waals surface area (Å²) in [6.45, 7) is 7.00. The molecule has 0 bridgehead atoms. The lowest BCUT2D eigenvalue weighted by molar-refractivity contribution is 0.327. The molecule has 0 unspecified atom stereocenters. The van der Waals surface area contributed by atoms with E-state index in [1.54, 1.807) is 18.6 Å². The minimum atomic E-state index is -0.628. The Balaban J connectivity index is 1.82. The van der Waals surface area contributed by atoms with Gasteiger partial charge in [-0.1, -0.05) is 25.9 Å². The fraction of sp³-hybridized carbons (Fsp3) is 0.238. The van der Waals surface area contributed by atoms with Gasteiger partial charge in [0.25, 0.3) is 5.89 Å². The summed E-state index contributed by atoms with van der Waals surface area (Å²) in [5, 5.41) is 8.34. The van der Waals surface area contributed by atoms with Crippen molar-refractivity contribution in [3.05, 3.63) is 60.6 Å². The second-order valence-electron chi connectivity index (χ2n) is 7.91. The summed E-state index contributed by atoms with van der Waals surface area (Å²) in [5.74, 6) is -1.06. The Morgan fingerprint density at radius 2 is 1.79 bits per heavy atom. The van der Waals surface area contributed by atoms with E-state index in [4.69, 9.17) is 4.52 Å². The molecule has 0 aliphatic rings. The molecule has 4 rings (SSSR count). The maximum Gasteiger partial charge on any atom is 0.262 e. The number of nitrogens with zero attached hydrogens (tertiary/aromatic N) is 5. The van der Waals surface area contributed by atoms with Gasteiger partial charge < -0.3 is 4.52 Å². The Labute approximate surface area is 166 Å². The molecule has 29 heavy (non-hydrogen) atoms. The molecule has 148 valence electrons. The second-order valence-corrected chi connectivity index (χ2v) is 7.91. The first-order valence-corrected chi connectivity index (χ1v) is 9.07. The lowest BCUT2D eigenvalue weighted by Crippen LogP contribution is -2.17. The van der Waals surface area contributed by atoms with Crippen molar-refractivity contribution < 1.29 is 13.3 Å². The maximum atomic E-state index is 14.1. The highest BCUT2D eigenvalue weighted by atomic mass is 19.1. The number of hydrogen-bond donors (Lipinski definition) is 0. The molecule has 8 heteroatoms. The minimum absolute atomic E-state index is 0.0181. The third-order valence-corrected chi connectivity index (χ3v) is 4.24. The topological polar surface area (TPSA) is 69.6 Å². The van der Waals surface area contributed by atoms with Crippen LogP contribution in [0, 0.1) is 17.0 Å². The van der Waals surface area contributed by atoms with Gasteiger partial charge in [0.05, 0.1) is 23.0 Å². The summed E-state index contributed by atoms with van der Waals surface area (Å²) in [4.78, 5) is 8.36. The van der Waals surface area contributed by atoms with Gasteiger partial charge in [0.15, 0.2) is 0 Å². The molecule has 3 aromatic heterocycles. The largest absolute Gasteiger partial charge is 0.333 e. The van der Waals surface area contributed by atoms with Crippen LogP contribution in [0.2, 0.25) is 0 Å². The zero-order valence-electron chi connectivity index (χ0n) is 16.2. The van der Waals surface area contributed by atoms with Gasteiger partial charge in [-0.05, 0) is 35.7 Å². The van der Waals surface area contributed by atoms with Gasteiger partial charge in [0.2, 0.25) is 5.82 Å². The average molecular weight is 395 g/mol. The van der Waals surface area contributed by atoms with Crippen molar-refractivity contribution in [2.75, 3.05) is 0 Å². The van der Waals surface area contributed by atoms with E-state index in [0.29, 0.717) is 12.1 Å². The fourth-order valence-corrected chi connectivity index (χ4v) is 3.04. The monoisotopic (exact) mass is 395 g/mol. The van der Waals surface area contributed by atoms with Crippen molar-refractivity contribution in [1.29, 1.82) is 0 Å². The molecule has 0 N–H and O–H groups in total. The zero-order chi connectivity index (χ0) is 20.6. The third-order valence-electron chi connectivity index (χ3n) is 4.24. The van der Waals surface area contributed by atoms with E-state index in [9.17, 15) is 8.78 Å². The summed E-state index contributed by atoms with van der Waals surface area (Å²) in [6, 6.07) is 6.84. The molecule has 0 saturated carbocycles. The van der Waals surface area contributed by atoms with Crippen LogP contribution in [0.4, 0.5) is 8.78 Å². The van der Waals surface area contributed by atoms with Gasteiger partial charge in [-0.3, -0.25) is 9.67 Å². The van der Waals surface area contributed by atoms with Crippen LogP contribution in [0.3, 0.4) is 0 Å². The quantitative estimate of drug-likeness (QED) is 0.487. The molecule has 3 heterocycles. The molecule has 0 aliphatic carbocycles. The second kappa shape index (κ2) is 7.20. The number of rotatable bonds is 4. The van der Waals surface area contributed by atoms with Crippen LogP contribution in [0.15, 0.2) is 53.4 Å². The molecule has 0 fully saturated rings. The molecule has 1 aromatic carbocycles. The number of aromatic nitrogens is 5. The van der Waals surface area contributed by atoms with E-state index >= 15 is 0 Å². The van der Waals surface area contributed by atoms with Crippen LogP contribution < -0.4 is 0 Å². The Hall–Kier alpha value is -3.42. The molecule has 0 atom stereocenters. The third kappa shape index (κ3) is 3.91. The van der Waals surface area contributed by atoms with Crippen molar-refractivity contribution in [1.82, 2.24) is 24.9 Å². The van der Waals surface area contributed by atoms with Crippen LogP contribution in [0.1, 0.15) is 20.8 Å². The van der Waals surface area contributed by atoms with Crippen molar-refractivity contribution >= 4 is 0 Å². The molecule has 4 aromatic rings. The Kier molecular flexibility index (Phi) is 4.70. The van der Waals surface area contributed by atoms with Crippen molar-refractivity contribution in [2.45, 2.75) is 27.3 Å². The summed E-state index contributed by atoms with van der Waals surface area (Å²) >= 11 is 0. The highest BCUT2D eigenvalue weighted by Gasteiger charge is 2.23. The minimum Gasteiger partial charge on any atom is -0.333 e. The highest BCUT2D eigenvalue weighted by Crippen LogP contribution is 2.34. The molecule has 0 spiro atoms. The van der Waals surface area contributed by atoms with Gasteiger partial charge in [-0.15, -0.1) is 0 Å². The van der Waals surface area contributed by atoms with Crippen molar-refractivity contribution in [3.8, 4) is 34.1 Å². The van der Waals surface area contributed by atoms with E-state index in [-0.39, 0.29) is 22.7 Å². The van der Waals surface area contributed by atoms with Crippen LogP contribution >= 0.6 is 0 Å². The zero-order valence-corrected chi connectivity index (χ0v) is 16.2. The maximum absolute atomic E-state index is 14.1. The number of pyridine rings is 1.